The Balaban J connectivity index is 1.75. The van der Waals surface area contributed by atoms with Crippen LogP contribution < -0.4 is 5.32 Å². The molecule has 0 unspecified atom stereocenters. The fourth-order valence-corrected chi connectivity index (χ4v) is 2.55. The molecule has 1 N–H and O–H groups in total. The van der Waals surface area contributed by atoms with Crippen LogP contribution in [0.25, 0.3) is 0 Å². The Morgan fingerprint density at radius 2 is 1.86 bits per heavy atom. The first kappa shape index (κ1) is 14.5. The fourth-order valence-electron chi connectivity index (χ4n) is 2.55. The summed E-state index contributed by atoms with van der Waals surface area (Å²) in [4.78, 5) is 7.07. The lowest BCUT2D eigenvalue weighted by Gasteiger charge is -2.30. The summed E-state index contributed by atoms with van der Waals surface area (Å²) in [6, 6.07) is 14.0. The number of rotatable bonds is 3. The number of hydrogen-bond donors (Lipinski definition) is 1. The highest BCUT2D eigenvalue weighted by Gasteiger charge is 2.15. The van der Waals surface area contributed by atoms with Crippen LogP contribution in [0.2, 0.25) is 0 Å². The highest BCUT2D eigenvalue weighted by molar-refractivity contribution is 5.93. The molecule has 2 heterocycles. The molecular weight excluding hydrogens is 274 g/mol. The third-order valence-electron chi connectivity index (χ3n) is 3.70. The topological polar surface area (TPSA) is 53.4 Å². The Morgan fingerprint density at radius 3 is 2.59 bits per heavy atom. The lowest BCUT2D eigenvalue weighted by molar-refractivity contribution is 0.340. The van der Waals surface area contributed by atoms with Gasteiger partial charge in [0.1, 0.15) is 0 Å². The quantitative estimate of drug-likeness (QED) is 0.699. The van der Waals surface area contributed by atoms with Gasteiger partial charge in [-0.2, -0.15) is 10.2 Å². The average molecular weight is 295 g/mol. The van der Waals surface area contributed by atoms with E-state index in [-0.39, 0.29) is 0 Å². The van der Waals surface area contributed by atoms with Crippen LogP contribution in [0.3, 0.4) is 0 Å². The van der Waals surface area contributed by atoms with E-state index in [4.69, 9.17) is 4.99 Å². The van der Waals surface area contributed by atoms with Crippen molar-refractivity contribution in [3.8, 4) is 0 Å². The number of nitrogens with zero attached hydrogens (tertiary/aromatic N) is 4. The van der Waals surface area contributed by atoms with Crippen molar-refractivity contribution in [1.82, 2.24) is 15.1 Å². The lowest BCUT2D eigenvalue weighted by atomic mass is 10.1. The minimum atomic E-state index is 0.541. The van der Waals surface area contributed by atoms with E-state index < -0.39 is 0 Å². The zero-order valence-electron chi connectivity index (χ0n) is 12.7. The van der Waals surface area contributed by atoms with Gasteiger partial charge >= 0.3 is 0 Å². The smallest absolute Gasteiger partial charge is 0.198 e. The van der Waals surface area contributed by atoms with Gasteiger partial charge in [-0.1, -0.05) is 18.2 Å². The first-order chi connectivity index (χ1) is 10.9. The van der Waals surface area contributed by atoms with Gasteiger partial charge in [-0.25, -0.2) is 4.99 Å². The Morgan fingerprint density at radius 1 is 1.05 bits per heavy atom. The molecule has 5 heteroatoms. The summed E-state index contributed by atoms with van der Waals surface area (Å²) in [6.45, 7) is 2.65. The molecule has 0 spiro atoms. The number of anilines is 1. The molecule has 0 atom stereocenters. The molecule has 22 heavy (non-hydrogen) atoms. The van der Waals surface area contributed by atoms with E-state index in [1.165, 1.54) is 19.3 Å². The molecule has 0 radical (unpaired) electrons. The first-order valence-electron chi connectivity index (χ1n) is 7.80. The summed E-state index contributed by atoms with van der Waals surface area (Å²) in [6.07, 6.45) is 5.43. The maximum atomic E-state index is 4.74. The van der Waals surface area contributed by atoms with Crippen LogP contribution in [0.4, 0.5) is 5.69 Å². The van der Waals surface area contributed by atoms with Crippen LogP contribution in [-0.2, 0) is 6.54 Å². The van der Waals surface area contributed by atoms with Gasteiger partial charge in [0, 0.05) is 25.0 Å². The van der Waals surface area contributed by atoms with Gasteiger partial charge < -0.3 is 10.2 Å². The van der Waals surface area contributed by atoms with Crippen molar-refractivity contribution < 1.29 is 0 Å². The molecule has 0 bridgehead atoms. The van der Waals surface area contributed by atoms with Gasteiger partial charge in [-0.05, 0) is 43.5 Å². The van der Waals surface area contributed by atoms with Crippen LogP contribution in [-0.4, -0.2) is 34.1 Å². The zero-order chi connectivity index (χ0) is 15.0. The summed E-state index contributed by atoms with van der Waals surface area (Å²) in [7, 11) is 0. The summed E-state index contributed by atoms with van der Waals surface area (Å²) >= 11 is 0. The number of likely N-dealkylation sites (tertiary alicyclic amines) is 1. The van der Waals surface area contributed by atoms with E-state index in [1.54, 1.807) is 6.20 Å². The van der Waals surface area contributed by atoms with E-state index in [1.807, 2.05) is 30.3 Å². The molecule has 1 aliphatic heterocycles. The van der Waals surface area contributed by atoms with Gasteiger partial charge in [0.25, 0.3) is 0 Å². The van der Waals surface area contributed by atoms with Crippen molar-refractivity contribution >= 4 is 11.6 Å². The van der Waals surface area contributed by atoms with E-state index in [2.05, 4.69) is 32.5 Å². The van der Waals surface area contributed by atoms with Crippen molar-refractivity contribution in [2.24, 2.45) is 4.99 Å². The summed E-state index contributed by atoms with van der Waals surface area (Å²) in [5.41, 5.74) is 1.94. The SMILES string of the molecule is c1ccc(NC(=NCc2cccnn2)N2CCCCC2)cc1. The van der Waals surface area contributed by atoms with Gasteiger partial charge in [-0.15, -0.1) is 0 Å². The molecule has 3 rings (SSSR count). The summed E-state index contributed by atoms with van der Waals surface area (Å²) in [5.74, 6) is 0.927. The van der Waals surface area contributed by atoms with Crippen LogP contribution in [0.1, 0.15) is 25.0 Å². The molecule has 5 nitrogen and oxygen atoms in total. The van der Waals surface area contributed by atoms with E-state index >= 15 is 0 Å². The second kappa shape index (κ2) is 7.54. The second-order valence-electron chi connectivity index (χ2n) is 5.39. The maximum absolute atomic E-state index is 4.74. The highest BCUT2D eigenvalue weighted by Crippen LogP contribution is 2.13. The van der Waals surface area contributed by atoms with Crippen molar-refractivity contribution in [1.29, 1.82) is 0 Å². The standard InChI is InChI=1S/C17H21N5/c1-3-8-15(9-4-1)20-17(22-12-5-2-6-13-22)18-14-16-10-7-11-19-21-16/h1,3-4,7-11H,2,5-6,12-14H2,(H,18,20). The second-order valence-corrected chi connectivity index (χ2v) is 5.39. The molecule has 2 aromatic rings. The lowest BCUT2D eigenvalue weighted by Crippen LogP contribution is -2.40. The van der Waals surface area contributed by atoms with Crippen LogP contribution in [0.15, 0.2) is 53.7 Å². The van der Waals surface area contributed by atoms with Crippen LogP contribution >= 0.6 is 0 Å². The summed E-state index contributed by atoms with van der Waals surface area (Å²) in [5, 5.41) is 11.5. The number of benzene rings is 1. The van der Waals surface area contributed by atoms with Crippen molar-refractivity contribution in [3.05, 3.63) is 54.4 Å². The number of piperidine rings is 1. The monoisotopic (exact) mass is 295 g/mol. The number of nitrogens with one attached hydrogen (secondary N) is 1. The van der Waals surface area contributed by atoms with E-state index in [9.17, 15) is 0 Å². The Kier molecular flexibility index (Phi) is 4.97. The molecule has 0 saturated carbocycles. The Labute approximate surface area is 131 Å². The molecule has 1 saturated heterocycles. The van der Waals surface area contributed by atoms with Gasteiger partial charge in [0.2, 0.25) is 0 Å². The van der Waals surface area contributed by atoms with Crippen molar-refractivity contribution in [2.45, 2.75) is 25.8 Å². The minimum Gasteiger partial charge on any atom is -0.343 e. The molecule has 114 valence electrons. The largest absolute Gasteiger partial charge is 0.343 e. The summed E-state index contributed by atoms with van der Waals surface area (Å²) < 4.78 is 0. The van der Waals surface area contributed by atoms with Gasteiger partial charge in [0.05, 0.1) is 12.2 Å². The van der Waals surface area contributed by atoms with Gasteiger partial charge in [0.15, 0.2) is 5.96 Å². The predicted octanol–water partition coefficient (Wildman–Crippen LogP) is 2.93. The first-order valence-corrected chi connectivity index (χ1v) is 7.80. The molecule has 0 amide bonds. The number of aromatic nitrogens is 2. The molecule has 1 aromatic heterocycles. The van der Waals surface area contributed by atoms with Crippen LogP contribution in [0.5, 0.6) is 0 Å². The third kappa shape index (κ3) is 4.04. The van der Waals surface area contributed by atoms with Crippen molar-refractivity contribution in [2.75, 3.05) is 18.4 Å². The molecule has 1 fully saturated rings. The van der Waals surface area contributed by atoms with Crippen LogP contribution in [0, 0.1) is 0 Å². The Hall–Kier alpha value is -2.43. The Bertz CT molecular complexity index is 591. The number of guanidine groups is 1. The number of aliphatic imine (C=N–C) groups is 1. The predicted molar refractivity (Wildman–Crippen MR) is 88.7 cm³/mol. The minimum absolute atomic E-state index is 0.541. The molecule has 1 aromatic carbocycles. The zero-order valence-corrected chi connectivity index (χ0v) is 12.7. The average Bonchev–Trinajstić information content (AvgIpc) is 2.61. The normalized spacial score (nSPS) is 15.6. The molecular formula is C17H21N5. The highest BCUT2D eigenvalue weighted by atomic mass is 15.3. The maximum Gasteiger partial charge on any atom is 0.198 e. The van der Waals surface area contributed by atoms with Crippen molar-refractivity contribution in [3.63, 3.8) is 0 Å². The fraction of sp³-hybridized carbons (Fsp3) is 0.353. The molecule has 0 aliphatic carbocycles. The van der Waals surface area contributed by atoms with E-state index in [0.717, 1.165) is 30.4 Å². The van der Waals surface area contributed by atoms with E-state index in [0.29, 0.717) is 6.54 Å². The number of para-hydroxylation sites is 1. The number of hydrogen-bond acceptors (Lipinski definition) is 3. The van der Waals surface area contributed by atoms with Gasteiger partial charge in [-0.3, -0.25) is 0 Å². The third-order valence-corrected chi connectivity index (χ3v) is 3.70. The molecule has 1 aliphatic rings.